The van der Waals surface area contributed by atoms with Crippen molar-refractivity contribution in [2.75, 3.05) is 0 Å². The van der Waals surface area contributed by atoms with Gasteiger partial charge in [-0.05, 0) is 47.5 Å². The van der Waals surface area contributed by atoms with Gasteiger partial charge in [-0.15, -0.1) is 0 Å². The first-order chi connectivity index (χ1) is 19.7. The highest BCUT2D eigenvalue weighted by Gasteiger charge is 2.18. The molecule has 5 nitrogen and oxygen atoms in total. The average molecular weight is 519 g/mol. The first kappa shape index (κ1) is 23.4. The maximum Gasteiger partial charge on any atom is 0.167 e. The van der Waals surface area contributed by atoms with E-state index in [9.17, 15) is 9.65 Å². The molecule has 188 valence electrons. The molecule has 0 atom stereocenters. The molecule has 7 aromatic rings. The Morgan fingerprint density at radius 3 is 2.05 bits per heavy atom. The molecular weight excluding hydrogens is 499 g/mol. The largest absolute Gasteiger partial charge is 0.455 e. The summed E-state index contributed by atoms with van der Waals surface area (Å²) < 4.78 is 20.4. The highest BCUT2D eigenvalue weighted by molar-refractivity contribution is 6.09. The number of hydrogen-bond acceptors (Lipinski definition) is 5. The van der Waals surface area contributed by atoms with Gasteiger partial charge in [0, 0.05) is 21.9 Å². The molecule has 2 heterocycles. The summed E-state index contributed by atoms with van der Waals surface area (Å²) in [4.78, 5) is 14.5. The van der Waals surface area contributed by atoms with Crippen LogP contribution in [0.3, 0.4) is 0 Å². The Kier molecular flexibility index (Phi) is 5.61. The van der Waals surface area contributed by atoms with Crippen LogP contribution in [0.25, 0.3) is 67.2 Å². The van der Waals surface area contributed by atoms with Crippen LogP contribution in [0.4, 0.5) is 4.39 Å². The molecule has 7 rings (SSSR count). The minimum atomic E-state index is -0.594. The maximum atomic E-state index is 14.2. The number of benzene rings is 5. The second kappa shape index (κ2) is 9.57. The van der Waals surface area contributed by atoms with Crippen LogP contribution < -0.4 is 0 Å². The van der Waals surface area contributed by atoms with Gasteiger partial charge in [-0.25, -0.2) is 19.3 Å². The molecule has 0 unspecified atom stereocenters. The second-order valence-corrected chi connectivity index (χ2v) is 9.34. The zero-order chi connectivity index (χ0) is 27.1. The quantitative estimate of drug-likeness (QED) is 0.234. The summed E-state index contributed by atoms with van der Waals surface area (Å²) in [5, 5.41) is 11.4. The molecule has 2 aromatic heterocycles. The number of halogens is 1. The predicted octanol–water partition coefficient (Wildman–Crippen LogP) is 8.45. The molecule has 0 aliphatic rings. The van der Waals surface area contributed by atoms with E-state index in [1.54, 1.807) is 6.07 Å². The molecule has 0 spiro atoms. The second-order valence-electron chi connectivity index (χ2n) is 9.34. The summed E-state index contributed by atoms with van der Waals surface area (Å²) in [7, 11) is 0. The van der Waals surface area contributed by atoms with Crippen LogP contribution in [-0.2, 0) is 0 Å². The van der Waals surface area contributed by atoms with Crippen molar-refractivity contribution in [3.63, 3.8) is 0 Å². The van der Waals surface area contributed by atoms with Gasteiger partial charge in [-0.1, -0.05) is 78.9 Å². The topological polar surface area (TPSA) is 75.6 Å². The van der Waals surface area contributed by atoms with E-state index in [1.807, 2.05) is 103 Å². The first-order valence-corrected chi connectivity index (χ1v) is 12.7. The van der Waals surface area contributed by atoms with Gasteiger partial charge in [0.05, 0.1) is 11.1 Å². The summed E-state index contributed by atoms with van der Waals surface area (Å²) in [6.45, 7) is 0. The van der Waals surface area contributed by atoms with Gasteiger partial charge < -0.3 is 4.42 Å². The molecule has 0 amide bonds. The van der Waals surface area contributed by atoms with Crippen molar-refractivity contribution in [2.24, 2.45) is 0 Å². The van der Waals surface area contributed by atoms with Crippen LogP contribution in [0, 0.1) is 17.1 Å². The number of aromatic nitrogens is 3. The number of fused-ring (bicyclic) bond motifs is 3. The van der Waals surface area contributed by atoms with Gasteiger partial charge in [0.15, 0.2) is 17.5 Å². The molecule has 0 aliphatic carbocycles. The lowest BCUT2D eigenvalue weighted by Gasteiger charge is -2.10. The standard InChI is InChI=1S/C34H19FN4O/c35-29-17-16-24(19-25(29)20-36)33-37-32(23-11-6-10-22(18-23)21-8-2-1-3-9-21)38-34(39-33)28-14-7-13-27-26-12-4-5-15-30(26)40-31(27)28/h1-19H. The fourth-order valence-electron chi connectivity index (χ4n) is 4.90. The van der Waals surface area contributed by atoms with Crippen molar-refractivity contribution >= 4 is 21.9 Å². The lowest BCUT2D eigenvalue weighted by atomic mass is 10.0. The predicted molar refractivity (Wildman–Crippen MR) is 154 cm³/mol. The maximum absolute atomic E-state index is 14.2. The third kappa shape index (κ3) is 4.07. The van der Waals surface area contributed by atoms with Crippen molar-refractivity contribution in [1.29, 1.82) is 5.26 Å². The molecular formula is C34H19FN4O. The van der Waals surface area contributed by atoms with E-state index in [0.29, 0.717) is 34.2 Å². The number of nitriles is 1. The minimum absolute atomic E-state index is 0.0773. The van der Waals surface area contributed by atoms with E-state index >= 15 is 0 Å². The van der Waals surface area contributed by atoms with Gasteiger partial charge in [0.1, 0.15) is 23.1 Å². The molecule has 40 heavy (non-hydrogen) atoms. The minimum Gasteiger partial charge on any atom is -0.455 e. The zero-order valence-electron chi connectivity index (χ0n) is 21.0. The third-order valence-corrected chi connectivity index (χ3v) is 6.85. The molecule has 6 heteroatoms. The highest BCUT2D eigenvalue weighted by Crippen LogP contribution is 2.36. The van der Waals surface area contributed by atoms with Crippen LogP contribution in [0.15, 0.2) is 120 Å². The molecule has 0 N–H and O–H groups in total. The molecule has 0 saturated heterocycles. The Balaban J connectivity index is 1.47. The number of para-hydroxylation sites is 2. The first-order valence-electron chi connectivity index (χ1n) is 12.7. The lowest BCUT2D eigenvalue weighted by molar-refractivity contribution is 0.624. The Labute approximate surface area is 228 Å². The number of nitrogens with zero attached hydrogens (tertiary/aromatic N) is 4. The Morgan fingerprint density at radius 2 is 1.23 bits per heavy atom. The number of rotatable bonds is 4. The number of furan rings is 1. The van der Waals surface area contributed by atoms with Crippen LogP contribution >= 0.6 is 0 Å². The molecule has 0 aliphatic heterocycles. The highest BCUT2D eigenvalue weighted by atomic mass is 19.1. The Bertz CT molecular complexity index is 2090. The van der Waals surface area contributed by atoms with Gasteiger partial charge in [-0.2, -0.15) is 5.26 Å². The van der Waals surface area contributed by atoms with Crippen molar-refractivity contribution in [3.05, 3.63) is 127 Å². The molecule has 5 aromatic carbocycles. The van der Waals surface area contributed by atoms with Crippen LogP contribution in [0.2, 0.25) is 0 Å². The summed E-state index contributed by atoms with van der Waals surface area (Å²) in [5.74, 6) is 0.601. The third-order valence-electron chi connectivity index (χ3n) is 6.85. The van der Waals surface area contributed by atoms with Gasteiger partial charge in [0.2, 0.25) is 0 Å². The smallest absolute Gasteiger partial charge is 0.167 e. The van der Waals surface area contributed by atoms with Crippen molar-refractivity contribution in [1.82, 2.24) is 15.0 Å². The summed E-state index contributed by atoms with van der Waals surface area (Å²) in [6, 6.07) is 38.0. The van der Waals surface area contributed by atoms with Crippen molar-refractivity contribution in [3.8, 4) is 51.4 Å². The van der Waals surface area contributed by atoms with Crippen LogP contribution in [-0.4, -0.2) is 15.0 Å². The van der Waals surface area contributed by atoms with Gasteiger partial charge in [-0.3, -0.25) is 0 Å². The van der Waals surface area contributed by atoms with Gasteiger partial charge >= 0.3 is 0 Å². The summed E-state index contributed by atoms with van der Waals surface area (Å²) >= 11 is 0. The molecule has 0 saturated carbocycles. The zero-order valence-corrected chi connectivity index (χ0v) is 21.0. The molecule has 0 radical (unpaired) electrons. The van der Waals surface area contributed by atoms with Crippen molar-refractivity contribution < 1.29 is 8.81 Å². The number of hydrogen-bond donors (Lipinski definition) is 0. The SMILES string of the molecule is N#Cc1cc(-c2nc(-c3cccc(-c4ccccc4)c3)nc(-c3cccc4c3oc3ccccc34)n2)ccc1F. The fraction of sp³-hybridized carbons (Fsp3) is 0. The normalized spacial score (nSPS) is 11.1. The Morgan fingerprint density at radius 1 is 0.575 bits per heavy atom. The fourth-order valence-corrected chi connectivity index (χ4v) is 4.90. The average Bonchev–Trinajstić information content (AvgIpc) is 3.40. The van der Waals surface area contributed by atoms with E-state index < -0.39 is 5.82 Å². The molecule has 0 fully saturated rings. The lowest BCUT2D eigenvalue weighted by Crippen LogP contribution is -2.01. The summed E-state index contributed by atoms with van der Waals surface area (Å²) in [6.07, 6.45) is 0. The van der Waals surface area contributed by atoms with E-state index in [-0.39, 0.29) is 5.56 Å². The van der Waals surface area contributed by atoms with E-state index in [1.165, 1.54) is 12.1 Å². The monoisotopic (exact) mass is 518 g/mol. The van der Waals surface area contributed by atoms with Gasteiger partial charge in [0.25, 0.3) is 0 Å². The van der Waals surface area contributed by atoms with E-state index in [4.69, 9.17) is 19.4 Å². The summed E-state index contributed by atoms with van der Waals surface area (Å²) in [5.41, 5.74) is 5.47. The van der Waals surface area contributed by atoms with Crippen LogP contribution in [0.5, 0.6) is 0 Å². The van der Waals surface area contributed by atoms with E-state index in [0.717, 1.165) is 33.0 Å². The van der Waals surface area contributed by atoms with Crippen LogP contribution in [0.1, 0.15) is 5.56 Å². The van der Waals surface area contributed by atoms with Crippen molar-refractivity contribution in [2.45, 2.75) is 0 Å². The van der Waals surface area contributed by atoms with E-state index in [2.05, 4.69) is 0 Å². The molecule has 0 bridgehead atoms. The Hall–Kier alpha value is -5.67.